The molecule has 1 fully saturated rings. The van der Waals surface area contributed by atoms with Crippen LogP contribution in [0.3, 0.4) is 0 Å². The van der Waals surface area contributed by atoms with Crippen molar-refractivity contribution >= 4 is 16.0 Å². The number of piperidine rings is 1. The predicted molar refractivity (Wildman–Crippen MR) is 93.0 cm³/mol. The predicted octanol–water partition coefficient (Wildman–Crippen LogP) is 3.56. The highest BCUT2D eigenvalue weighted by Gasteiger charge is 2.48. The zero-order valence-electron chi connectivity index (χ0n) is 14.6. The molecule has 0 bridgehead atoms. The number of carbonyl (C=O) groups excluding carboxylic acids is 1. The molecule has 0 radical (unpaired) electrons. The Hall–Kier alpha value is -2.39. The maximum Gasteiger partial charge on any atom is 0.416 e. The number of halogens is 3. The van der Waals surface area contributed by atoms with E-state index in [0.29, 0.717) is 11.6 Å². The first-order valence-corrected chi connectivity index (χ1v) is 10.1. The molecule has 1 spiro atoms. The van der Waals surface area contributed by atoms with E-state index < -0.39 is 38.2 Å². The molecule has 0 amide bonds. The second kappa shape index (κ2) is 6.31. The van der Waals surface area contributed by atoms with Gasteiger partial charge in [-0.15, -0.1) is 0 Å². The standard InChI is InChI=1S/C19H16F3NO4S/c20-19(21,22)13-4-3-5-14(12-13)28(25,26)23-10-8-18(9-11-23)16-7-2-1-6-15(16)17(24)27-18/h1-7,12H,8-11H2. The Balaban J connectivity index is 1.59. The van der Waals surface area contributed by atoms with Crippen LogP contribution in [-0.2, 0) is 26.5 Å². The van der Waals surface area contributed by atoms with Crippen LogP contribution in [0.2, 0.25) is 0 Å². The SMILES string of the molecule is O=C1OC2(CCN(S(=O)(=O)c3cccc(C(F)(F)F)c3)CC2)c2ccccc21. The van der Waals surface area contributed by atoms with Crippen molar-refractivity contribution in [1.82, 2.24) is 4.31 Å². The van der Waals surface area contributed by atoms with Crippen LogP contribution in [0.1, 0.15) is 34.3 Å². The van der Waals surface area contributed by atoms with Gasteiger partial charge in [-0.05, 0) is 24.3 Å². The minimum atomic E-state index is -4.63. The van der Waals surface area contributed by atoms with Crippen LogP contribution >= 0.6 is 0 Å². The largest absolute Gasteiger partial charge is 0.450 e. The highest BCUT2D eigenvalue weighted by molar-refractivity contribution is 7.89. The Bertz CT molecular complexity index is 1040. The number of ether oxygens (including phenoxy) is 1. The van der Waals surface area contributed by atoms with Crippen LogP contribution in [0.25, 0.3) is 0 Å². The Morgan fingerprint density at radius 2 is 1.68 bits per heavy atom. The third kappa shape index (κ3) is 2.98. The minimum Gasteiger partial charge on any atom is -0.450 e. The number of rotatable bonds is 2. The van der Waals surface area contributed by atoms with Crippen molar-refractivity contribution in [2.45, 2.75) is 29.5 Å². The Morgan fingerprint density at radius 3 is 2.36 bits per heavy atom. The molecule has 2 aromatic rings. The lowest BCUT2D eigenvalue weighted by atomic mass is 9.84. The Morgan fingerprint density at radius 1 is 1.00 bits per heavy atom. The van der Waals surface area contributed by atoms with Crippen LogP contribution < -0.4 is 0 Å². The fraction of sp³-hybridized carbons (Fsp3) is 0.316. The van der Waals surface area contributed by atoms with Gasteiger partial charge in [-0.25, -0.2) is 13.2 Å². The van der Waals surface area contributed by atoms with Gasteiger partial charge >= 0.3 is 12.1 Å². The third-order valence-corrected chi connectivity index (χ3v) is 7.15. The van der Waals surface area contributed by atoms with Crippen molar-refractivity contribution in [2.75, 3.05) is 13.1 Å². The van der Waals surface area contributed by atoms with Crippen LogP contribution in [0, 0.1) is 0 Å². The normalized spacial score (nSPS) is 19.5. The average Bonchev–Trinajstić information content (AvgIpc) is 2.94. The summed E-state index contributed by atoms with van der Waals surface area (Å²) in [5.74, 6) is -0.440. The van der Waals surface area contributed by atoms with Crippen molar-refractivity contribution in [2.24, 2.45) is 0 Å². The number of carbonyl (C=O) groups is 1. The summed E-state index contributed by atoms with van der Waals surface area (Å²) in [7, 11) is -4.09. The molecule has 9 heteroatoms. The highest BCUT2D eigenvalue weighted by Crippen LogP contribution is 2.44. The van der Waals surface area contributed by atoms with Gasteiger partial charge in [0, 0.05) is 31.5 Å². The molecule has 2 aliphatic heterocycles. The fourth-order valence-electron chi connectivity index (χ4n) is 3.79. The zero-order chi connectivity index (χ0) is 20.2. The minimum absolute atomic E-state index is 0.0419. The van der Waals surface area contributed by atoms with Crippen LogP contribution in [-0.4, -0.2) is 31.8 Å². The molecule has 0 aliphatic carbocycles. The summed E-state index contributed by atoms with van der Waals surface area (Å²) < 4.78 is 71.1. The van der Waals surface area contributed by atoms with E-state index in [1.165, 1.54) is 0 Å². The van der Waals surface area contributed by atoms with Gasteiger partial charge in [0.25, 0.3) is 0 Å². The third-order valence-electron chi connectivity index (χ3n) is 5.26. The lowest BCUT2D eigenvalue weighted by Gasteiger charge is -2.37. The molecule has 4 rings (SSSR count). The number of hydrogen-bond donors (Lipinski definition) is 0. The molecule has 0 unspecified atom stereocenters. The molecule has 0 N–H and O–H groups in total. The molecule has 28 heavy (non-hydrogen) atoms. The molecule has 2 aliphatic rings. The maximum atomic E-state index is 12.9. The monoisotopic (exact) mass is 411 g/mol. The molecule has 0 saturated carbocycles. The first-order valence-electron chi connectivity index (χ1n) is 8.64. The van der Waals surface area contributed by atoms with E-state index in [-0.39, 0.29) is 25.9 Å². The number of hydrogen-bond acceptors (Lipinski definition) is 4. The number of nitrogens with zero attached hydrogens (tertiary/aromatic N) is 1. The van der Waals surface area contributed by atoms with E-state index in [0.717, 1.165) is 28.1 Å². The summed E-state index contributed by atoms with van der Waals surface area (Å²) in [6.07, 6.45) is -4.14. The molecule has 148 valence electrons. The summed E-state index contributed by atoms with van der Waals surface area (Å²) in [4.78, 5) is 11.7. The summed E-state index contributed by atoms with van der Waals surface area (Å²) in [5.41, 5.74) is -0.693. The van der Waals surface area contributed by atoms with Crippen molar-refractivity contribution in [1.29, 1.82) is 0 Å². The Labute approximate surface area is 159 Å². The van der Waals surface area contributed by atoms with Crippen molar-refractivity contribution < 1.29 is 31.1 Å². The van der Waals surface area contributed by atoms with E-state index in [9.17, 15) is 26.4 Å². The maximum absolute atomic E-state index is 12.9. The van der Waals surface area contributed by atoms with Gasteiger partial charge in [0.2, 0.25) is 10.0 Å². The van der Waals surface area contributed by atoms with Gasteiger partial charge in [0.1, 0.15) is 5.60 Å². The van der Waals surface area contributed by atoms with Gasteiger partial charge in [-0.1, -0.05) is 24.3 Å². The second-order valence-electron chi connectivity index (χ2n) is 6.86. The van der Waals surface area contributed by atoms with E-state index in [1.807, 2.05) is 0 Å². The summed E-state index contributed by atoms with van der Waals surface area (Å²) >= 11 is 0. The molecule has 2 aromatic carbocycles. The molecule has 0 atom stereocenters. The number of esters is 1. The molecule has 0 aromatic heterocycles. The Kier molecular flexibility index (Phi) is 4.27. The van der Waals surface area contributed by atoms with Crippen molar-refractivity contribution in [3.63, 3.8) is 0 Å². The number of alkyl halides is 3. The summed E-state index contributed by atoms with van der Waals surface area (Å²) in [6, 6.07) is 10.7. The van der Waals surface area contributed by atoms with Crippen LogP contribution in [0.15, 0.2) is 53.4 Å². The van der Waals surface area contributed by atoms with Crippen molar-refractivity contribution in [3.05, 3.63) is 65.2 Å². The van der Waals surface area contributed by atoms with Gasteiger partial charge in [-0.2, -0.15) is 17.5 Å². The lowest BCUT2D eigenvalue weighted by Crippen LogP contribution is -2.45. The topological polar surface area (TPSA) is 63.7 Å². The fourth-order valence-corrected chi connectivity index (χ4v) is 5.27. The second-order valence-corrected chi connectivity index (χ2v) is 8.80. The molecule has 2 heterocycles. The first kappa shape index (κ1) is 18.9. The van der Waals surface area contributed by atoms with Gasteiger partial charge in [-0.3, -0.25) is 0 Å². The average molecular weight is 411 g/mol. The van der Waals surface area contributed by atoms with Gasteiger partial charge in [0.05, 0.1) is 16.0 Å². The lowest BCUT2D eigenvalue weighted by molar-refractivity contribution is -0.137. The summed E-state index contributed by atoms with van der Waals surface area (Å²) in [6.45, 7) is 0.0837. The van der Waals surface area contributed by atoms with Crippen molar-refractivity contribution in [3.8, 4) is 0 Å². The van der Waals surface area contributed by atoms with Gasteiger partial charge in [0.15, 0.2) is 0 Å². The highest BCUT2D eigenvalue weighted by atomic mass is 32.2. The number of sulfonamides is 1. The number of benzene rings is 2. The summed E-state index contributed by atoms with van der Waals surface area (Å²) in [5, 5.41) is 0. The van der Waals surface area contributed by atoms with E-state index in [2.05, 4.69) is 0 Å². The van der Waals surface area contributed by atoms with Crippen LogP contribution in [0.5, 0.6) is 0 Å². The molecular formula is C19H16F3NO4S. The van der Waals surface area contributed by atoms with Gasteiger partial charge < -0.3 is 4.74 Å². The quantitative estimate of drug-likeness (QED) is 0.709. The smallest absolute Gasteiger partial charge is 0.416 e. The van der Waals surface area contributed by atoms with E-state index in [4.69, 9.17) is 4.74 Å². The van der Waals surface area contributed by atoms with E-state index >= 15 is 0 Å². The molecule has 5 nitrogen and oxygen atoms in total. The number of fused-ring (bicyclic) bond motifs is 2. The zero-order valence-corrected chi connectivity index (χ0v) is 15.4. The molecule has 1 saturated heterocycles. The molecular weight excluding hydrogens is 395 g/mol. The van der Waals surface area contributed by atoms with Crippen LogP contribution in [0.4, 0.5) is 13.2 Å². The first-order chi connectivity index (χ1) is 13.1. The van der Waals surface area contributed by atoms with E-state index in [1.54, 1.807) is 24.3 Å².